The molecule has 7 N–H and O–H groups in total. The molecule has 10 nitrogen and oxygen atoms in total. The summed E-state index contributed by atoms with van der Waals surface area (Å²) in [4.78, 5) is 17.9. The number of hydrogen-bond donors (Lipinski definition) is 5. The van der Waals surface area contributed by atoms with E-state index in [-0.39, 0.29) is 29.7 Å². The second-order valence-electron chi connectivity index (χ2n) is 11.0. The molecule has 3 atom stereocenters. The number of aliphatic hydroxyl groups is 3. The molecule has 0 spiro atoms. The van der Waals surface area contributed by atoms with Gasteiger partial charge >= 0.3 is 0 Å². The van der Waals surface area contributed by atoms with E-state index in [4.69, 9.17) is 25.4 Å². The normalized spacial score (nSPS) is 26.1. The number of aliphatic imine (C=N–C) groups is 1. The number of benzene rings is 1. The summed E-state index contributed by atoms with van der Waals surface area (Å²) in [6, 6.07) is 1.28. The van der Waals surface area contributed by atoms with Crippen LogP contribution >= 0.6 is 21.6 Å². The Bertz CT molecular complexity index is 1300. The molecular weight excluding hydrogens is 530 g/mol. The van der Waals surface area contributed by atoms with Crippen LogP contribution in [0.15, 0.2) is 20.3 Å². The van der Waals surface area contributed by atoms with E-state index < -0.39 is 30.0 Å². The Morgan fingerprint density at radius 3 is 2.66 bits per heavy atom. The molecule has 0 radical (unpaired) electrons. The van der Waals surface area contributed by atoms with Crippen LogP contribution in [0.4, 0.5) is 0 Å². The Morgan fingerprint density at radius 2 is 2.00 bits per heavy atom. The van der Waals surface area contributed by atoms with E-state index in [0.29, 0.717) is 46.0 Å². The largest absolute Gasteiger partial charge is 0.489 e. The van der Waals surface area contributed by atoms with E-state index >= 15 is 0 Å². The maximum atomic E-state index is 13.7. The van der Waals surface area contributed by atoms with Gasteiger partial charge in [-0.25, -0.2) is 4.99 Å². The predicted octanol–water partition coefficient (Wildman–Crippen LogP) is 2.51. The summed E-state index contributed by atoms with van der Waals surface area (Å²) in [5.41, 5.74) is 10.4. The Kier molecular flexibility index (Phi) is 7.55. The Labute approximate surface area is 228 Å². The summed E-state index contributed by atoms with van der Waals surface area (Å²) in [6.07, 6.45) is 2.46. The average Bonchev–Trinajstić information content (AvgIpc) is 3.51. The lowest BCUT2D eigenvalue weighted by Gasteiger charge is -2.29. The van der Waals surface area contributed by atoms with Gasteiger partial charge in [0.15, 0.2) is 11.4 Å². The first kappa shape index (κ1) is 27.4. The highest BCUT2D eigenvalue weighted by Crippen LogP contribution is 2.50. The van der Waals surface area contributed by atoms with Crippen molar-refractivity contribution in [3.8, 4) is 11.5 Å². The minimum atomic E-state index is -1.25. The van der Waals surface area contributed by atoms with Gasteiger partial charge in [0.05, 0.1) is 18.3 Å². The molecule has 0 saturated heterocycles. The monoisotopic (exact) mass is 565 g/mol. The average molecular weight is 566 g/mol. The zero-order chi connectivity index (χ0) is 27.2. The van der Waals surface area contributed by atoms with Crippen LogP contribution in [0.5, 0.6) is 11.5 Å². The number of rotatable bonds is 5. The van der Waals surface area contributed by atoms with E-state index in [1.807, 2.05) is 0 Å². The topological polar surface area (TPSA) is 174 Å². The molecule has 2 aromatic rings. The number of guanidine groups is 1. The minimum absolute atomic E-state index is 0.0178. The fourth-order valence-electron chi connectivity index (χ4n) is 5.44. The molecule has 1 aromatic heterocycles. The number of nitrogens with two attached hydrogens (primary N) is 2. The SMILES string of the molecule is CC(C)(O)[C@H]1Cc2c(c3c4oc(cc(=O)c4c2OC2CCCC2)[C@H](O)C[C@](CO)(N=C(N)N)CSSC3)O1. The summed E-state index contributed by atoms with van der Waals surface area (Å²) in [6.45, 7) is 2.99. The zero-order valence-electron chi connectivity index (χ0n) is 21.6. The highest BCUT2D eigenvalue weighted by Gasteiger charge is 2.41. The molecule has 1 saturated carbocycles. The van der Waals surface area contributed by atoms with Crippen molar-refractivity contribution in [1.29, 1.82) is 0 Å². The predicted molar refractivity (Wildman–Crippen MR) is 149 cm³/mol. The molecule has 3 heterocycles. The zero-order valence-corrected chi connectivity index (χ0v) is 23.2. The maximum absolute atomic E-state index is 13.7. The van der Waals surface area contributed by atoms with Crippen LogP contribution in [0.3, 0.4) is 0 Å². The fraction of sp³-hybridized carbons (Fsp3) is 0.615. The van der Waals surface area contributed by atoms with Crippen molar-refractivity contribution >= 4 is 38.5 Å². The van der Waals surface area contributed by atoms with Gasteiger partial charge in [0.25, 0.3) is 0 Å². The van der Waals surface area contributed by atoms with Crippen LogP contribution in [0.2, 0.25) is 0 Å². The molecule has 3 aliphatic rings. The first-order valence-electron chi connectivity index (χ1n) is 12.9. The van der Waals surface area contributed by atoms with Crippen molar-refractivity contribution in [3.05, 3.63) is 33.2 Å². The summed E-state index contributed by atoms with van der Waals surface area (Å²) in [5, 5.41) is 32.5. The van der Waals surface area contributed by atoms with Crippen molar-refractivity contribution in [2.75, 3.05) is 12.4 Å². The fourth-order valence-corrected chi connectivity index (χ4v) is 7.99. The van der Waals surface area contributed by atoms with Gasteiger partial charge in [0.1, 0.15) is 46.0 Å². The van der Waals surface area contributed by atoms with E-state index in [2.05, 4.69) is 4.99 Å². The van der Waals surface area contributed by atoms with E-state index in [1.165, 1.54) is 27.7 Å². The first-order chi connectivity index (χ1) is 18.0. The summed E-state index contributed by atoms with van der Waals surface area (Å²) in [7, 11) is 2.92. The molecule has 5 rings (SSSR count). The number of hydrogen-bond acceptors (Lipinski definition) is 10. The number of nitrogens with zero attached hydrogens (tertiary/aromatic N) is 1. The quantitative estimate of drug-likeness (QED) is 0.205. The molecule has 2 aliphatic heterocycles. The molecule has 0 unspecified atom stereocenters. The van der Waals surface area contributed by atoms with Gasteiger partial charge in [-0.1, -0.05) is 21.6 Å². The van der Waals surface area contributed by atoms with Crippen LogP contribution < -0.4 is 26.4 Å². The maximum Gasteiger partial charge on any atom is 0.196 e. The van der Waals surface area contributed by atoms with Gasteiger partial charge < -0.3 is 40.7 Å². The minimum Gasteiger partial charge on any atom is -0.489 e. The van der Waals surface area contributed by atoms with Crippen LogP contribution in [0.1, 0.15) is 68.9 Å². The first-order valence-corrected chi connectivity index (χ1v) is 15.4. The van der Waals surface area contributed by atoms with Crippen LogP contribution in [-0.2, 0) is 12.2 Å². The number of aliphatic hydroxyl groups excluding tert-OH is 2. The highest BCUT2D eigenvalue weighted by molar-refractivity contribution is 8.76. The molecule has 12 heteroatoms. The van der Waals surface area contributed by atoms with E-state index in [0.717, 1.165) is 31.2 Å². The molecule has 1 aliphatic carbocycles. The third-order valence-electron chi connectivity index (χ3n) is 7.49. The van der Waals surface area contributed by atoms with E-state index in [9.17, 15) is 20.1 Å². The molecule has 0 amide bonds. The van der Waals surface area contributed by atoms with Crippen molar-refractivity contribution < 1.29 is 29.2 Å². The van der Waals surface area contributed by atoms with Crippen LogP contribution in [-0.4, -0.2) is 57.0 Å². The smallest absolute Gasteiger partial charge is 0.196 e. The standard InChI is InChI=1S/C26H35N3O7S2/c1-25(2,33)19-7-14-21(36-19)15-10-37-38-12-26(11-30,29-24(27)28)9-17(32)18-8-16(31)20(23(15)35-18)22(14)34-13-5-3-4-6-13/h8,13,17,19,30,32-33H,3-7,9-12H2,1-2H3,(H4,27,28,29)/t17-,19-,26-/m1/s1. The van der Waals surface area contributed by atoms with Gasteiger partial charge in [-0.05, 0) is 39.5 Å². The summed E-state index contributed by atoms with van der Waals surface area (Å²) < 4.78 is 19.1. The van der Waals surface area contributed by atoms with Crippen molar-refractivity contribution in [3.63, 3.8) is 0 Å². The third kappa shape index (κ3) is 5.21. The number of ether oxygens (including phenoxy) is 2. The Balaban J connectivity index is 1.70. The molecule has 2 bridgehead atoms. The van der Waals surface area contributed by atoms with Gasteiger partial charge in [-0.3, -0.25) is 4.79 Å². The molecule has 1 aromatic carbocycles. The molecule has 38 heavy (non-hydrogen) atoms. The van der Waals surface area contributed by atoms with Gasteiger partial charge in [-0.15, -0.1) is 0 Å². The van der Waals surface area contributed by atoms with Gasteiger partial charge in [-0.2, -0.15) is 0 Å². The second-order valence-corrected chi connectivity index (χ2v) is 13.4. The summed E-state index contributed by atoms with van der Waals surface area (Å²) in [5.74, 6) is 1.56. The van der Waals surface area contributed by atoms with Gasteiger partial charge in [0.2, 0.25) is 0 Å². The molecular formula is C26H35N3O7S2. The van der Waals surface area contributed by atoms with Crippen LogP contribution in [0.25, 0.3) is 11.0 Å². The Hall–Kier alpha value is -2.12. The third-order valence-corrected chi connectivity index (χ3v) is 9.93. The lowest BCUT2D eigenvalue weighted by atomic mass is 9.93. The number of fused-ring (bicyclic) bond motifs is 3. The van der Waals surface area contributed by atoms with Crippen LogP contribution in [0, 0.1) is 0 Å². The van der Waals surface area contributed by atoms with E-state index in [1.54, 1.807) is 13.8 Å². The second kappa shape index (κ2) is 10.5. The Morgan fingerprint density at radius 1 is 1.26 bits per heavy atom. The molecule has 208 valence electrons. The highest BCUT2D eigenvalue weighted by atomic mass is 33.1. The van der Waals surface area contributed by atoms with Gasteiger partial charge in [0, 0.05) is 41.5 Å². The lowest BCUT2D eigenvalue weighted by molar-refractivity contribution is -0.0231. The lowest BCUT2D eigenvalue weighted by Crippen LogP contribution is -2.40. The van der Waals surface area contributed by atoms with Crippen molar-refractivity contribution in [2.24, 2.45) is 16.5 Å². The molecule has 1 fully saturated rings. The summed E-state index contributed by atoms with van der Waals surface area (Å²) >= 11 is 0. The van der Waals surface area contributed by atoms with Crippen molar-refractivity contribution in [2.45, 2.75) is 87.6 Å². The van der Waals surface area contributed by atoms with Crippen molar-refractivity contribution in [1.82, 2.24) is 0 Å².